The SMILES string of the molecule is CCCCC(CC)C(=O)N(C)CC(C)C(N)=S. The summed E-state index contributed by atoms with van der Waals surface area (Å²) in [6, 6.07) is 0. The Morgan fingerprint density at radius 1 is 1.41 bits per heavy atom. The van der Waals surface area contributed by atoms with Gasteiger partial charge in [-0.2, -0.15) is 0 Å². The zero-order valence-electron chi connectivity index (χ0n) is 11.5. The maximum Gasteiger partial charge on any atom is 0.225 e. The molecule has 0 heterocycles. The standard InChI is InChI=1S/C13H26N2OS/c1-5-7-8-11(6-2)13(16)15(4)9-10(3)12(14)17/h10-11H,5-9H2,1-4H3,(H2,14,17). The average molecular weight is 258 g/mol. The summed E-state index contributed by atoms with van der Waals surface area (Å²) in [6.45, 7) is 6.80. The van der Waals surface area contributed by atoms with Crippen molar-refractivity contribution in [1.82, 2.24) is 4.90 Å². The normalized spacial score (nSPS) is 14.1. The van der Waals surface area contributed by atoms with E-state index in [0.29, 0.717) is 11.5 Å². The Kier molecular flexibility index (Phi) is 8.13. The number of unbranched alkanes of at least 4 members (excludes halogenated alkanes) is 1. The Hall–Kier alpha value is -0.640. The monoisotopic (exact) mass is 258 g/mol. The van der Waals surface area contributed by atoms with E-state index in [-0.39, 0.29) is 17.7 Å². The topological polar surface area (TPSA) is 46.3 Å². The fourth-order valence-electron chi connectivity index (χ4n) is 1.86. The lowest BCUT2D eigenvalue weighted by atomic mass is 9.97. The van der Waals surface area contributed by atoms with Crippen molar-refractivity contribution in [2.45, 2.75) is 46.5 Å². The second-order valence-corrected chi connectivity index (χ2v) is 5.24. The summed E-state index contributed by atoms with van der Waals surface area (Å²) in [7, 11) is 1.84. The summed E-state index contributed by atoms with van der Waals surface area (Å²) in [6.07, 6.45) is 4.14. The van der Waals surface area contributed by atoms with Crippen molar-refractivity contribution in [3.05, 3.63) is 0 Å². The van der Waals surface area contributed by atoms with E-state index in [4.69, 9.17) is 18.0 Å². The number of nitrogens with two attached hydrogens (primary N) is 1. The molecule has 0 aliphatic carbocycles. The van der Waals surface area contributed by atoms with Crippen LogP contribution in [0.5, 0.6) is 0 Å². The van der Waals surface area contributed by atoms with E-state index in [9.17, 15) is 4.79 Å². The first-order chi connectivity index (χ1) is 7.93. The summed E-state index contributed by atoms with van der Waals surface area (Å²) >= 11 is 4.93. The highest BCUT2D eigenvalue weighted by molar-refractivity contribution is 7.80. The van der Waals surface area contributed by atoms with E-state index in [0.717, 1.165) is 25.7 Å². The van der Waals surface area contributed by atoms with Gasteiger partial charge in [0, 0.05) is 25.4 Å². The van der Waals surface area contributed by atoms with Crippen molar-refractivity contribution in [2.24, 2.45) is 17.6 Å². The lowest BCUT2D eigenvalue weighted by Crippen LogP contribution is -2.38. The molecule has 0 fully saturated rings. The maximum atomic E-state index is 12.2. The minimum atomic E-state index is 0.0858. The molecule has 2 atom stereocenters. The number of nitrogens with zero attached hydrogens (tertiary/aromatic N) is 1. The molecule has 0 saturated carbocycles. The van der Waals surface area contributed by atoms with Crippen LogP contribution in [-0.4, -0.2) is 29.4 Å². The summed E-state index contributed by atoms with van der Waals surface area (Å²) in [5.74, 6) is 0.463. The Balaban J connectivity index is 4.30. The van der Waals surface area contributed by atoms with Crippen LogP contribution in [-0.2, 0) is 4.79 Å². The fraction of sp³-hybridized carbons (Fsp3) is 0.846. The molecular formula is C13H26N2OS. The van der Waals surface area contributed by atoms with Crippen molar-refractivity contribution in [2.75, 3.05) is 13.6 Å². The average Bonchev–Trinajstić information content (AvgIpc) is 2.29. The van der Waals surface area contributed by atoms with Gasteiger partial charge in [-0.3, -0.25) is 4.79 Å². The molecule has 0 aromatic rings. The second kappa shape index (κ2) is 8.45. The molecule has 0 radical (unpaired) electrons. The predicted molar refractivity (Wildman–Crippen MR) is 76.9 cm³/mol. The minimum Gasteiger partial charge on any atom is -0.393 e. The van der Waals surface area contributed by atoms with Crippen molar-refractivity contribution in [1.29, 1.82) is 0 Å². The molecule has 0 saturated heterocycles. The number of hydrogen-bond donors (Lipinski definition) is 1. The van der Waals surface area contributed by atoms with Gasteiger partial charge in [0.15, 0.2) is 0 Å². The van der Waals surface area contributed by atoms with Crippen LogP contribution in [0.3, 0.4) is 0 Å². The van der Waals surface area contributed by atoms with E-state index < -0.39 is 0 Å². The Labute approximate surface area is 111 Å². The van der Waals surface area contributed by atoms with Gasteiger partial charge >= 0.3 is 0 Å². The highest BCUT2D eigenvalue weighted by Gasteiger charge is 2.21. The molecule has 1 amide bonds. The van der Waals surface area contributed by atoms with Gasteiger partial charge in [-0.25, -0.2) is 0 Å². The van der Waals surface area contributed by atoms with Crippen LogP contribution in [0.2, 0.25) is 0 Å². The minimum absolute atomic E-state index is 0.0858. The first-order valence-electron chi connectivity index (χ1n) is 6.48. The van der Waals surface area contributed by atoms with Gasteiger partial charge in [0.05, 0.1) is 4.99 Å². The van der Waals surface area contributed by atoms with Gasteiger partial charge in [-0.05, 0) is 12.8 Å². The molecule has 2 N–H and O–H groups in total. The van der Waals surface area contributed by atoms with Crippen molar-refractivity contribution in [3.8, 4) is 0 Å². The number of amides is 1. The van der Waals surface area contributed by atoms with Crippen molar-refractivity contribution < 1.29 is 4.79 Å². The van der Waals surface area contributed by atoms with E-state index in [1.54, 1.807) is 4.90 Å². The molecule has 0 bridgehead atoms. The van der Waals surface area contributed by atoms with E-state index in [1.807, 2.05) is 14.0 Å². The molecule has 4 heteroatoms. The zero-order valence-corrected chi connectivity index (χ0v) is 12.3. The third-order valence-corrected chi connectivity index (χ3v) is 3.56. The first-order valence-corrected chi connectivity index (χ1v) is 6.89. The molecule has 0 aliphatic rings. The molecule has 0 aromatic heterocycles. The largest absolute Gasteiger partial charge is 0.393 e. The number of thiocarbonyl (C=S) groups is 1. The van der Waals surface area contributed by atoms with Gasteiger partial charge in [0.2, 0.25) is 5.91 Å². The quantitative estimate of drug-likeness (QED) is 0.681. The third-order valence-electron chi connectivity index (χ3n) is 3.16. The zero-order chi connectivity index (χ0) is 13.4. The molecule has 3 nitrogen and oxygen atoms in total. The Bertz CT molecular complexity index is 256. The van der Waals surface area contributed by atoms with Gasteiger partial charge in [0.25, 0.3) is 0 Å². The summed E-state index contributed by atoms with van der Waals surface area (Å²) in [5.41, 5.74) is 5.57. The van der Waals surface area contributed by atoms with Gasteiger partial charge in [0.1, 0.15) is 0 Å². The van der Waals surface area contributed by atoms with Crippen LogP contribution in [0.4, 0.5) is 0 Å². The highest BCUT2D eigenvalue weighted by atomic mass is 32.1. The molecule has 100 valence electrons. The number of carbonyl (C=O) groups excluding carboxylic acids is 1. The van der Waals surface area contributed by atoms with Crippen LogP contribution in [0.15, 0.2) is 0 Å². The number of hydrogen-bond acceptors (Lipinski definition) is 2. The first kappa shape index (κ1) is 16.4. The summed E-state index contributed by atoms with van der Waals surface area (Å²) in [4.78, 5) is 14.4. The summed E-state index contributed by atoms with van der Waals surface area (Å²) < 4.78 is 0. The van der Waals surface area contributed by atoms with E-state index in [2.05, 4.69) is 13.8 Å². The van der Waals surface area contributed by atoms with Gasteiger partial charge in [-0.15, -0.1) is 0 Å². The third kappa shape index (κ3) is 6.01. The molecule has 0 aromatic carbocycles. The Morgan fingerprint density at radius 2 is 2.00 bits per heavy atom. The molecule has 17 heavy (non-hydrogen) atoms. The Morgan fingerprint density at radius 3 is 2.41 bits per heavy atom. The van der Waals surface area contributed by atoms with Crippen molar-refractivity contribution in [3.63, 3.8) is 0 Å². The second-order valence-electron chi connectivity index (χ2n) is 4.77. The van der Waals surface area contributed by atoms with Gasteiger partial charge < -0.3 is 10.6 Å². The molecular weight excluding hydrogens is 232 g/mol. The van der Waals surface area contributed by atoms with Crippen LogP contribution in [0.1, 0.15) is 46.5 Å². The smallest absolute Gasteiger partial charge is 0.225 e. The lowest BCUT2D eigenvalue weighted by molar-refractivity contribution is -0.134. The van der Waals surface area contributed by atoms with Crippen molar-refractivity contribution >= 4 is 23.1 Å². The molecule has 0 aliphatic heterocycles. The van der Waals surface area contributed by atoms with E-state index in [1.165, 1.54) is 0 Å². The number of rotatable bonds is 8. The van der Waals surface area contributed by atoms with Crippen LogP contribution in [0, 0.1) is 11.8 Å². The van der Waals surface area contributed by atoms with Crippen LogP contribution < -0.4 is 5.73 Å². The van der Waals surface area contributed by atoms with E-state index >= 15 is 0 Å². The lowest BCUT2D eigenvalue weighted by Gasteiger charge is -2.25. The highest BCUT2D eigenvalue weighted by Crippen LogP contribution is 2.16. The maximum absolute atomic E-state index is 12.2. The molecule has 0 spiro atoms. The van der Waals surface area contributed by atoms with Gasteiger partial charge in [-0.1, -0.05) is 45.8 Å². The molecule has 2 unspecified atom stereocenters. The molecule has 0 rings (SSSR count). The number of carbonyl (C=O) groups is 1. The van der Waals surface area contributed by atoms with Crippen LogP contribution in [0.25, 0.3) is 0 Å². The predicted octanol–water partition coefficient (Wildman–Crippen LogP) is 2.58. The summed E-state index contributed by atoms with van der Waals surface area (Å²) in [5, 5.41) is 0. The van der Waals surface area contributed by atoms with Crippen LogP contribution >= 0.6 is 12.2 Å². The fourth-order valence-corrected chi connectivity index (χ4v) is 1.93.